The Morgan fingerprint density at radius 3 is 2.68 bits per heavy atom. The van der Waals surface area contributed by atoms with Gasteiger partial charge in [-0.2, -0.15) is 5.10 Å². The Hall–Kier alpha value is -2.62. The van der Waals surface area contributed by atoms with Crippen LogP contribution < -0.4 is 10.2 Å². The molecule has 0 unspecified atom stereocenters. The van der Waals surface area contributed by atoms with E-state index in [1.165, 1.54) is 5.56 Å². The van der Waals surface area contributed by atoms with Crippen molar-refractivity contribution >= 4 is 11.6 Å². The maximum Gasteiger partial charge on any atom is 0.271 e. The van der Waals surface area contributed by atoms with Crippen LogP contribution in [-0.2, 0) is 6.42 Å². The Labute approximate surface area is 129 Å². The molecule has 0 saturated heterocycles. The van der Waals surface area contributed by atoms with E-state index < -0.39 is 0 Å². The molecule has 4 nitrogen and oxygen atoms in total. The predicted octanol–water partition coefficient (Wildman–Crippen LogP) is 3.17. The summed E-state index contributed by atoms with van der Waals surface area (Å²) in [5, 5.41) is 4.29. The molecule has 112 valence electrons. The fourth-order valence-corrected chi connectivity index (χ4v) is 2.58. The van der Waals surface area contributed by atoms with Crippen LogP contribution in [0.4, 0.5) is 0 Å². The minimum absolute atomic E-state index is 0.208. The molecule has 0 radical (unpaired) electrons. The average Bonchev–Trinajstić information content (AvgIpc) is 2.97. The first-order valence-electron chi connectivity index (χ1n) is 7.46. The van der Waals surface area contributed by atoms with Crippen molar-refractivity contribution in [3.8, 4) is 5.75 Å². The highest BCUT2D eigenvalue weighted by molar-refractivity contribution is 6.05. The van der Waals surface area contributed by atoms with Crippen molar-refractivity contribution in [1.82, 2.24) is 5.43 Å². The molecule has 0 aliphatic heterocycles. The Morgan fingerprint density at radius 1 is 1.14 bits per heavy atom. The number of hydrazone groups is 1. The molecule has 0 spiro atoms. The van der Waals surface area contributed by atoms with E-state index in [9.17, 15) is 4.79 Å². The van der Waals surface area contributed by atoms with Gasteiger partial charge in [0.15, 0.2) is 0 Å². The molecule has 2 aromatic carbocycles. The summed E-state index contributed by atoms with van der Waals surface area (Å²) in [6.45, 7) is 2.54. The van der Waals surface area contributed by atoms with E-state index in [-0.39, 0.29) is 5.91 Å². The second kappa shape index (κ2) is 6.43. The standard InChI is InChI=1S/C18H18N2O2/c1-2-22-15-10-7-14(8-11-15)18(21)20-19-17-12-9-13-5-3-4-6-16(13)17/h3-8,10-11H,2,9,12H2,1H3,(H,20,21)/b19-17+. The van der Waals surface area contributed by atoms with Crippen LogP contribution in [-0.4, -0.2) is 18.2 Å². The molecule has 0 heterocycles. The predicted molar refractivity (Wildman–Crippen MR) is 86.4 cm³/mol. The molecular formula is C18H18N2O2. The summed E-state index contributed by atoms with van der Waals surface area (Å²) >= 11 is 0. The Bertz CT molecular complexity index is 705. The molecule has 4 heteroatoms. The largest absolute Gasteiger partial charge is 0.494 e. The summed E-state index contributed by atoms with van der Waals surface area (Å²) in [5.74, 6) is 0.551. The van der Waals surface area contributed by atoms with Crippen LogP contribution in [0.2, 0.25) is 0 Å². The number of benzene rings is 2. The zero-order chi connectivity index (χ0) is 15.4. The van der Waals surface area contributed by atoms with E-state index >= 15 is 0 Å². The fraction of sp³-hybridized carbons (Fsp3) is 0.222. The summed E-state index contributed by atoms with van der Waals surface area (Å²) in [4.78, 5) is 12.1. The van der Waals surface area contributed by atoms with E-state index in [0.29, 0.717) is 12.2 Å². The van der Waals surface area contributed by atoms with Crippen molar-refractivity contribution in [2.75, 3.05) is 6.61 Å². The van der Waals surface area contributed by atoms with E-state index in [1.807, 2.05) is 25.1 Å². The summed E-state index contributed by atoms with van der Waals surface area (Å²) in [6, 6.07) is 15.2. The highest BCUT2D eigenvalue weighted by atomic mass is 16.5. The number of rotatable bonds is 4. The smallest absolute Gasteiger partial charge is 0.271 e. The zero-order valence-corrected chi connectivity index (χ0v) is 12.5. The van der Waals surface area contributed by atoms with Crippen molar-refractivity contribution in [3.05, 3.63) is 65.2 Å². The molecule has 0 bridgehead atoms. The van der Waals surface area contributed by atoms with Crippen LogP contribution in [0, 0.1) is 0 Å². The summed E-state index contributed by atoms with van der Waals surface area (Å²) in [7, 11) is 0. The third-order valence-corrected chi connectivity index (χ3v) is 3.68. The molecule has 0 fully saturated rings. The molecule has 0 atom stereocenters. The average molecular weight is 294 g/mol. The van der Waals surface area contributed by atoms with E-state index in [0.717, 1.165) is 29.9 Å². The molecule has 1 N–H and O–H groups in total. The van der Waals surface area contributed by atoms with Gasteiger partial charge in [-0.3, -0.25) is 4.79 Å². The van der Waals surface area contributed by atoms with Gasteiger partial charge in [0.2, 0.25) is 0 Å². The van der Waals surface area contributed by atoms with Crippen molar-refractivity contribution in [3.63, 3.8) is 0 Å². The Kier molecular flexibility index (Phi) is 4.19. The van der Waals surface area contributed by atoms with Crippen LogP contribution >= 0.6 is 0 Å². The normalized spacial score (nSPS) is 14.7. The Balaban J connectivity index is 1.69. The summed E-state index contributed by atoms with van der Waals surface area (Å²) < 4.78 is 5.36. The van der Waals surface area contributed by atoms with Crippen LogP contribution in [0.25, 0.3) is 0 Å². The van der Waals surface area contributed by atoms with E-state index in [4.69, 9.17) is 4.74 Å². The van der Waals surface area contributed by atoms with Crippen LogP contribution in [0.5, 0.6) is 5.75 Å². The number of carbonyl (C=O) groups excluding carboxylic acids is 1. The van der Waals surface area contributed by atoms with Gasteiger partial charge in [0, 0.05) is 11.1 Å². The third kappa shape index (κ3) is 3.01. The number of amides is 1. The van der Waals surface area contributed by atoms with Crippen LogP contribution in [0.15, 0.2) is 53.6 Å². The number of carbonyl (C=O) groups is 1. The lowest BCUT2D eigenvalue weighted by Crippen LogP contribution is -2.19. The second-order valence-corrected chi connectivity index (χ2v) is 5.11. The van der Waals surface area contributed by atoms with Crippen molar-refractivity contribution in [1.29, 1.82) is 0 Å². The van der Waals surface area contributed by atoms with Crippen LogP contribution in [0.1, 0.15) is 34.8 Å². The van der Waals surface area contributed by atoms with Gasteiger partial charge in [-0.15, -0.1) is 0 Å². The van der Waals surface area contributed by atoms with Gasteiger partial charge >= 0.3 is 0 Å². The molecule has 1 aliphatic rings. The molecule has 1 amide bonds. The number of nitrogens with zero attached hydrogens (tertiary/aromatic N) is 1. The van der Waals surface area contributed by atoms with Crippen molar-refractivity contribution in [2.24, 2.45) is 5.10 Å². The SMILES string of the molecule is CCOc1ccc(C(=O)N/N=C2\CCc3ccccc32)cc1. The number of ether oxygens (including phenoxy) is 1. The quantitative estimate of drug-likeness (QED) is 0.881. The first-order chi connectivity index (χ1) is 10.8. The molecular weight excluding hydrogens is 276 g/mol. The highest BCUT2D eigenvalue weighted by Gasteiger charge is 2.17. The van der Waals surface area contributed by atoms with Gasteiger partial charge in [0.25, 0.3) is 5.91 Å². The van der Waals surface area contributed by atoms with Gasteiger partial charge < -0.3 is 4.74 Å². The summed E-state index contributed by atoms with van der Waals surface area (Å²) in [5.41, 5.74) is 6.57. The van der Waals surface area contributed by atoms with E-state index in [2.05, 4.69) is 16.6 Å². The minimum atomic E-state index is -0.208. The van der Waals surface area contributed by atoms with Gasteiger partial charge in [0.1, 0.15) is 5.75 Å². The molecule has 2 aromatic rings. The first-order valence-corrected chi connectivity index (χ1v) is 7.46. The second-order valence-electron chi connectivity index (χ2n) is 5.11. The molecule has 3 rings (SSSR count). The monoisotopic (exact) mass is 294 g/mol. The fourth-order valence-electron chi connectivity index (χ4n) is 2.58. The maximum atomic E-state index is 12.1. The lowest BCUT2D eigenvalue weighted by Gasteiger charge is -2.05. The lowest BCUT2D eigenvalue weighted by molar-refractivity contribution is 0.0955. The number of hydrogen-bond donors (Lipinski definition) is 1. The third-order valence-electron chi connectivity index (χ3n) is 3.68. The number of nitrogens with one attached hydrogen (secondary N) is 1. The van der Waals surface area contributed by atoms with Crippen LogP contribution in [0.3, 0.4) is 0 Å². The van der Waals surface area contributed by atoms with Gasteiger partial charge in [-0.25, -0.2) is 5.43 Å². The van der Waals surface area contributed by atoms with E-state index in [1.54, 1.807) is 24.3 Å². The van der Waals surface area contributed by atoms with Crippen molar-refractivity contribution < 1.29 is 9.53 Å². The lowest BCUT2D eigenvalue weighted by atomic mass is 10.1. The van der Waals surface area contributed by atoms with Gasteiger partial charge in [0.05, 0.1) is 12.3 Å². The summed E-state index contributed by atoms with van der Waals surface area (Å²) in [6.07, 6.45) is 1.84. The number of hydrogen-bond acceptors (Lipinski definition) is 3. The molecule has 0 aromatic heterocycles. The van der Waals surface area contributed by atoms with Gasteiger partial charge in [-0.05, 0) is 49.6 Å². The van der Waals surface area contributed by atoms with Gasteiger partial charge in [-0.1, -0.05) is 24.3 Å². The number of aryl methyl sites for hydroxylation is 1. The zero-order valence-electron chi connectivity index (χ0n) is 12.5. The number of fused-ring (bicyclic) bond motifs is 1. The highest BCUT2D eigenvalue weighted by Crippen LogP contribution is 2.21. The maximum absolute atomic E-state index is 12.1. The van der Waals surface area contributed by atoms with Crippen molar-refractivity contribution in [2.45, 2.75) is 19.8 Å². The first kappa shape index (κ1) is 14.3. The molecule has 0 saturated carbocycles. The molecule has 1 aliphatic carbocycles. The molecule has 22 heavy (non-hydrogen) atoms. The topological polar surface area (TPSA) is 50.7 Å². The Morgan fingerprint density at radius 2 is 1.91 bits per heavy atom. The minimum Gasteiger partial charge on any atom is -0.494 e.